The fourth-order valence-corrected chi connectivity index (χ4v) is 7.67. The number of amides is 2. The molecule has 1 aliphatic carbocycles. The van der Waals surface area contributed by atoms with E-state index in [0.29, 0.717) is 62.7 Å². The second-order valence-corrected chi connectivity index (χ2v) is 13.8. The number of para-hydroxylation sites is 1. The number of pyridine rings is 1. The quantitative estimate of drug-likeness (QED) is 0.282. The first-order chi connectivity index (χ1) is 22.8. The Morgan fingerprint density at radius 1 is 1.04 bits per heavy atom. The highest BCUT2D eigenvalue weighted by molar-refractivity contribution is 5.95. The number of carboxylic acid groups (broad SMARTS) is 1. The maximum Gasteiger partial charge on any atom is 0.418 e. The van der Waals surface area contributed by atoms with Gasteiger partial charge in [-0.3, -0.25) is 19.4 Å². The molecule has 1 aromatic carbocycles. The minimum Gasteiger partial charge on any atom is -0.490 e. The number of ether oxygens (including phenoxy) is 1. The molecule has 2 saturated heterocycles. The van der Waals surface area contributed by atoms with Crippen LogP contribution in [0.2, 0.25) is 0 Å². The summed E-state index contributed by atoms with van der Waals surface area (Å²) in [6.45, 7) is 4.59. The minimum atomic E-state index is -4.74. The van der Waals surface area contributed by atoms with Gasteiger partial charge in [0.1, 0.15) is 11.4 Å². The maximum absolute atomic E-state index is 14.0. The van der Waals surface area contributed by atoms with Gasteiger partial charge in [-0.05, 0) is 82.9 Å². The lowest BCUT2D eigenvalue weighted by atomic mass is 9.66. The van der Waals surface area contributed by atoms with Gasteiger partial charge in [-0.25, -0.2) is 0 Å². The van der Waals surface area contributed by atoms with E-state index >= 15 is 0 Å². The summed E-state index contributed by atoms with van der Waals surface area (Å²) in [4.78, 5) is 46.3. The number of aromatic nitrogens is 1. The van der Waals surface area contributed by atoms with Crippen molar-refractivity contribution in [2.24, 2.45) is 11.3 Å². The predicted octanol–water partition coefficient (Wildman–Crippen LogP) is 6.43. The van der Waals surface area contributed by atoms with Crippen molar-refractivity contribution < 1.29 is 42.5 Å². The smallest absolute Gasteiger partial charge is 0.418 e. The molecule has 2 amide bonds. The average Bonchev–Trinajstić information content (AvgIpc) is 3.04. The van der Waals surface area contributed by atoms with Crippen molar-refractivity contribution in [2.45, 2.75) is 108 Å². The topological polar surface area (TPSA) is 120 Å². The van der Waals surface area contributed by atoms with Crippen LogP contribution in [-0.2, 0) is 21.4 Å². The van der Waals surface area contributed by atoms with Crippen molar-refractivity contribution in [3.8, 4) is 5.75 Å². The molecule has 1 saturated carbocycles. The summed E-state index contributed by atoms with van der Waals surface area (Å²) in [5, 5.41) is 21.5. The van der Waals surface area contributed by atoms with Crippen LogP contribution in [0.25, 0.3) is 0 Å². The number of carboxylic acids is 1. The largest absolute Gasteiger partial charge is 0.490 e. The van der Waals surface area contributed by atoms with E-state index in [0.717, 1.165) is 18.6 Å². The standard InChI is InChI=1S/C36H46F3N3O6/c1-3-9-28-25(10-7-21-42(28)32(44)30-27(36(37,38)39)12-6-20-40-30)31(43)41-22-18-35(47,19-23-41)26-11-4-5-13-29(26)48-24(2)14-17-34(33(45)46)15-8-16-34/h4-6,11-13,20,24-25,28,47H,3,7-10,14-19,21-23H2,1-2H3,(H,45,46)/t24?,25?,28-/m1/s1. The van der Waals surface area contributed by atoms with E-state index in [1.54, 1.807) is 11.0 Å². The number of rotatable bonds is 11. The Labute approximate surface area is 279 Å². The molecule has 2 N–H and O–H groups in total. The third kappa shape index (κ3) is 7.33. The van der Waals surface area contributed by atoms with Crippen molar-refractivity contribution in [2.75, 3.05) is 19.6 Å². The second-order valence-electron chi connectivity index (χ2n) is 13.8. The highest BCUT2D eigenvalue weighted by Gasteiger charge is 2.46. The maximum atomic E-state index is 14.0. The summed E-state index contributed by atoms with van der Waals surface area (Å²) in [5.74, 6) is -1.78. The number of carbonyl (C=O) groups excluding carboxylic acids is 2. The molecule has 262 valence electrons. The van der Waals surface area contributed by atoms with E-state index in [9.17, 15) is 37.8 Å². The monoisotopic (exact) mass is 673 g/mol. The highest BCUT2D eigenvalue weighted by atomic mass is 19.4. The zero-order chi connectivity index (χ0) is 34.7. The summed E-state index contributed by atoms with van der Waals surface area (Å²) < 4.78 is 47.5. The van der Waals surface area contributed by atoms with Crippen LogP contribution in [0.5, 0.6) is 5.75 Å². The summed E-state index contributed by atoms with van der Waals surface area (Å²) in [5.41, 5.74) is -3.04. The molecular weight excluding hydrogens is 627 g/mol. The number of aliphatic hydroxyl groups is 1. The molecule has 3 fully saturated rings. The van der Waals surface area contributed by atoms with Crippen molar-refractivity contribution in [1.29, 1.82) is 0 Å². The zero-order valence-electron chi connectivity index (χ0n) is 27.7. The lowest BCUT2D eigenvalue weighted by Gasteiger charge is -2.45. The Bertz CT molecular complexity index is 1470. The van der Waals surface area contributed by atoms with Crippen LogP contribution in [0.3, 0.4) is 0 Å². The summed E-state index contributed by atoms with van der Waals surface area (Å²) >= 11 is 0. The molecule has 2 aromatic rings. The van der Waals surface area contributed by atoms with Crippen LogP contribution < -0.4 is 4.74 Å². The molecule has 1 aromatic heterocycles. The molecule has 0 radical (unpaired) electrons. The lowest BCUT2D eigenvalue weighted by molar-refractivity contribution is -0.155. The van der Waals surface area contributed by atoms with Gasteiger partial charge in [0, 0.05) is 37.4 Å². The van der Waals surface area contributed by atoms with E-state index in [1.807, 2.05) is 32.0 Å². The molecule has 9 nitrogen and oxygen atoms in total. The van der Waals surface area contributed by atoms with Gasteiger partial charge in [-0.15, -0.1) is 0 Å². The number of likely N-dealkylation sites (tertiary alicyclic amines) is 2. The molecular formula is C36H46F3N3O6. The number of halogens is 3. The lowest BCUT2D eigenvalue weighted by Crippen LogP contribution is -2.55. The molecule has 0 spiro atoms. The summed E-state index contributed by atoms with van der Waals surface area (Å²) in [6.07, 6.45) is 2.15. The first-order valence-corrected chi connectivity index (χ1v) is 17.1. The number of hydrogen-bond donors (Lipinski definition) is 2. The van der Waals surface area contributed by atoms with Gasteiger partial charge in [-0.2, -0.15) is 13.2 Å². The van der Waals surface area contributed by atoms with E-state index in [-0.39, 0.29) is 44.5 Å². The van der Waals surface area contributed by atoms with E-state index < -0.39 is 52.3 Å². The van der Waals surface area contributed by atoms with Gasteiger partial charge in [0.25, 0.3) is 5.91 Å². The third-order valence-electron chi connectivity index (χ3n) is 10.7. The molecule has 3 atom stereocenters. The number of benzene rings is 1. The Morgan fingerprint density at radius 2 is 1.75 bits per heavy atom. The van der Waals surface area contributed by atoms with Crippen molar-refractivity contribution in [1.82, 2.24) is 14.8 Å². The van der Waals surface area contributed by atoms with Gasteiger partial charge in [0.2, 0.25) is 5.91 Å². The molecule has 0 bridgehead atoms. The number of aliphatic carboxylic acids is 1. The number of hydrogen-bond acceptors (Lipinski definition) is 6. The first kappa shape index (κ1) is 35.6. The van der Waals surface area contributed by atoms with Gasteiger partial charge < -0.3 is 24.7 Å². The molecule has 3 aliphatic rings. The number of piperidine rings is 2. The average molecular weight is 674 g/mol. The number of alkyl halides is 3. The fraction of sp³-hybridized carbons (Fsp3) is 0.611. The van der Waals surface area contributed by atoms with Crippen LogP contribution in [0.15, 0.2) is 42.6 Å². The van der Waals surface area contributed by atoms with Gasteiger partial charge in [-0.1, -0.05) is 38.0 Å². The third-order valence-corrected chi connectivity index (χ3v) is 10.7. The minimum absolute atomic E-state index is 0.161. The molecule has 48 heavy (non-hydrogen) atoms. The molecule has 5 rings (SSSR count). The fourth-order valence-electron chi connectivity index (χ4n) is 7.67. The Hall–Kier alpha value is -3.67. The Balaban J connectivity index is 1.25. The van der Waals surface area contributed by atoms with Crippen LogP contribution in [0.4, 0.5) is 13.2 Å². The Morgan fingerprint density at radius 3 is 2.38 bits per heavy atom. The zero-order valence-corrected chi connectivity index (χ0v) is 27.7. The normalized spacial score (nSPS) is 22.8. The molecule has 2 aliphatic heterocycles. The number of nitrogens with zero attached hydrogens (tertiary/aromatic N) is 3. The van der Waals surface area contributed by atoms with Crippen molar-refractivity contribution >= 4 is 17.8 Å². The van der Waals surface area contributed by atoms with Crippen molar-refractivity contribution in [3.05, 3.63) is 59.4 Å². The van der Waals surface area contributed by atoms with Crippen LogP contribution in [0.1, 0.15) is 106 Å². The van der Waals surface area contributed by atoms with Crippen LogP contribution in [-0.4, -0.2) is 74.6 Å². The SMILES string of the molecule is CCC[C@@H]1C(C(=O)N2CCC(O)(c3ccccc3OC(C)CCC3(C(=O)O)CCC3)CC2)CCCN1C(=O)c1ncccc1C(F)(F)F. The van der Waals surface area contributed by atoms with E-state index in [4.69, 9.17) is 4.74 Å². The van der Waals surface area contributed by atoms with Crippen LogP contribution in [0, 0.1) is 11.3 Å². The Kier molecular flexibility index (Phi) is 10.7. The van der Waals surface area contributed by atoms with Gasteiger partial charge >= 0.3 is 12.1 Å². The second kappa shape index (κ2) is 14.4. The summed E-state index contributed by atoms with van der Waals surface area (Å²) in [7, 11) is 0. The van der Waals surface area contributed by atoms with E-state index in [2.05, 4.69) is 4.98 Å². The summed E-state index contributed by atoms with van der Waals surface area (Å²) in [6, 6.07) is 8.70. The molecule has 2 unspecified atom stereocenters. The predicted molar refractivity (Wildman–Crippen MR) is 171 cm³/mol. The van der Waals surface area contributed by atoms with E-state index in [1.165, 1.54) is 11.1 Å². The van der Waals surface area contributed by atoms with Crippen molar-refractivity contribution in [3.63, 3.8) is 0 Å². The van der Waals surface area contributed by atoms with Gasteiger partial charge in [0.05, 0.1) is 28.6 Å². The van der Waals surface area contributed by atoms with Gasteiger partial charge in [0.15, 0.2) is 0 Å². The molecule has 12 heteroatoms. The number of carbonyl (C=O) groups is 3. The van der Waals surface area contributed by atoms with Crippen LogP contribution >= 0.6 is 0 Å². The molecule has 3 heterocycles. The first-order valence-electron chi connectivity index (χ1n) is 17.1. The highest BCUT2D eigenvalue weighted by Crippen LogP contribution is 2.46.